The van der Waals surface area contributed by atoms with Gasteiger partial charge in [0.2, 0.25) is 0 Å². The maximum atomic E-state index is 11.5. The van der Waals surface area contributed by atoms with Crippen LogP contribution in [-0.4, -0.2) is 11.8 Å². The molecule has 0 saturated heterocycles. The van der Waals surface area contributed by atoms with Gasteiger partial charge in [0.15, 0.2) is 5.84 Å². The molecule has 0 aliphatic rings. The van der Waals surface area contributed by atoms with Crippen LogP contribution in [0.15, 0.2) is 70.3 Å². The van der Waals surface area contributed by atoms with Gasteiger partial charge in [0, 0.05) is 16.1 Å². The van der Waals surface area contributed by atoms with E-state index in [2.05, 4.69) is 21.1 Å². The minimum absolute atomic E-state index is 0.143. The van der Waals surface area contributed by atoms with E-state index in [1.54, 1.807) is 18.2 Å². The van der Waals surface area contributed by atoms with Gasteiger partial charge in [-0.3, -0.25) is 0 Å². The van der Waals surface area contributed by atoms with Crippen LogP contribution in [0.25, 0.3) is 6.08 Å². The molecule has 106 valence electrons. The molecule has 5 heteroatoms. The maximum Gasteiger partial charge on any atom is 0.358 e. The Morgan fingerprint density at radius 3 is 2.43 bits per heavy atom. The first-order valence-corrected chi connectivity index (χ1v) is 6.98. The molecule has 2 N–H and O–H groups in total. The number of oxime groups is 1. The number of amidine groups is 1. The first-order valence-electron chi connectivity index (χ1n) is 6.18. The normalized spacial score (nSPS) is 11.6. The Balaban J connectivity index is 1.95. The van der Waals surface area contributed by atoms with Crippen molar-refractivity contribution >= 4 is 33.8 Å². The highest BCUT2D eigenvalue weighted by Gasteiger charge is 2.01. The lowest BCUT2D eigenvalue weighted by molar-refractivity contribution is -0.137. The van der Waals surface area contributed by atoms with Gasteiger partial charge in [-0.2, -0.15) is 0 Å². The van der Waals surface area contributed by atoms with Gasteiger partial charge in [-0.1, -0.05) is 63.6 Å². The zero-order valence-corrected chi connectivity index (χ0v) is 12.7. The predicted molar refractivity (Wildman–Crippen MR) is 86.4 cm³/mol. The third-order valence-electron chi connectivity index (χ3n) is 2.59. The second-order valence-corrected chi connectivity index (χ2v) is 5.05. The number of nitrogens with two attached hydrogens (primary N) is 1. The van der Waals surface area contributed by atoms with Crippen molar-refractivity contribution in [2.24, 2.45) is 10.9 Å². The second-order valence-electron chi connectivity index (χ2n) is 4.14. The third kappa shape index (κ3) is 4.89. The monoisotopic (exact) mass is 344 g/mol. The molecule has 4 nitrogen and oxygen atoms in total. The minimum Gasteiger partial charge on any atom is -0.380 e. The molecule has 0 amide bonds. The van der Waals surface area contributed by atoms with E-state index in [0.717, 1.165) is 10.0 Å². The maximum absolute atomic E-state index is 11.5. The molecular weight excluding hydrogens is 332 g/mol. The van der Waals surface area contributed by atoms with Crippen molar-refractivity contribution in [2.45, 2.75) is 0 Å². The van der Waals surface area contributed by atoms with E-state index in [9.17, 15) is 4.79 Å². The van der Waals surface area contributed by atoms with Crippen LogP contribution in [0.2, 0.25) is 0 Å². The fourth-order valence-corrected chi connectivity index (χ4v) is 1.79. The van der Waals surface area contributed by atoms with Gasteiger partial charge < -0.3 is 10.6 Å². The average Bonchev–Trinajstić information content (AvgIpc) is 2.52. The van der Waals surface area contributed by atoms with Crippen LogP contribution >= 0.6 is 15.9 Å². The summed E-state index contributed by atoms with van der Waals surface area (Å²) in [7, 11) is 0. The lowest BCUT2D eigenvalue weighted by Crippen LogP contribution is -2.14. The van der Waals surface area contributed by atoms with Gasteiger partial charge in [-0.05, 0) is 23.8 Å². The Kier molecular flexibility index (Phi) is 5.29. The Bertz CT molecular complexity index is 664. The number of nitrogens with zero attached hydrogens (tertiary/aromatic N) is 1. The molecule has 0 saturated carbocycles. The topological polar surface area (TPSA) is 64.7 Å². The Hall–Kier alpha value is -2.40. The molecule has 0 unspecified atom stereocenters. The van der Waals surface area contributed by atoms with Crippen LogP contribution in [0.3, 0.4) is 0 Å². The first-order chi connectivity index (χ1) is 10.1. The Labute approximate surface area is 131 Å². The van der Waals surface area contributed by atoms with Crippen LogP contribution in [0.4, 0.5) is 0 Å². The summed E-state index contributed by atoms with van der Waals surface area (Å²) < 4.78 is 0.932. The van der Waals surface area contributed by atoms with Crippen molar-refractivity contribution in [2.75, 3.05) is 0 Å². The SMILES string of the molecule is N/C(=N\OC(=O)/C=C/c1ccccc1)c1ccc(Br)cc1. The number of hydrogen-bond donors (Lipinski definition) is 1. The third-order valence-corrected chi connectivity index (χ3v) is 3.11. The van der Waals surface area contributed by atoms with Gasteiger partial charge >= 0.3 is 5.97 Å². The van der Waals surface area contributed by atoms with Gasteiger partial charge in [-0.25, -0.2) is 4.79 Å². The number of halogens is 1. The van der Waals surface area contributed by atoms with Crippen molar-refractivity contribution in [1.29, 1.82) is 0 Å². The lowest BCUT2D eigenvalue weighted by atomic mass is 10.2. The molecule has 0 aliphatic heterocycles. The second kappa shape index (κ2) is 7.40. The van der Waals surface area contributed by atoms with Gasteiger partial charge in [0.25, 0.3) is 0 Å². The summed E-state index contributed by atoms with van der Waals surface area (Å²) in [4.78, 5) is 16.3. The van der Waals surface area contributed by atoms with Crippen LogP contribution in [-0.2, 0) is 9.63 Å². The minimum atomic E-state index is -0.584. The molecule has 0 fully saturated rings. The highest BCUT2D eigenvalue weighted by atomic mass is 79.9. The molecule has 2 aromatic rings. The van der Waals surface area contributed by atoms with E-state index in [0.29, 0.717) is 5.56 Å². The first kappa shape index (κ1) is 15.0. The Morgan fingerprint density at radius 2 is 1.76 bits per heavy atom. The van der Waals surface area contributed by atoms with E-state index < -0.39 is 5.97 Å². The van der Waals surface area contributed by atoms with Crippen LogP contribution in [0, 0.1) is 0 Å². The molecule has 0 heterocycles. The van der Waals surface area contributed by atoms with E-state index in [1.165, 1.54) is 6.08 Å². The van der Waals surface area contributed by atoms with Crippen molar-refractivity contribution < 1.29 is 9.63 Å². The highest BCUT2D eigenvalue weighted by molar-refractivity contribution is 9.10. The van der Waals surface area contributed by atoms with E-state index in [4.69, 9.17) is 10.6 Å². The molecule has 0 aliphatic carbocycles. The standard InChI is InChI=1S/C16H13BrN2O2/c17-14-9-7-13(8-10-14)16(18)19-21-15(20)11-6-12-4-2-1-3-5-12/h1-11H,(H2,18,19)/b11-6+. The van der Waals surface area contributed by atoms with Crippen molar-refractivity contribution in [3.05, 3.63) is 76.3 Å². The highest BCUT2D eigenvalue weighted by Crippen LogP contribution is 2.10. The number of hydrogen-bond acceptors (Lipinski definition) is 3. The average molecular weight is 345 g/mol. The van der Waals surface area contributed by atoms with Gasteiger partial charge in [-0.15, -0.1) is 0 Å². The number of carbonyl (C=O) groups excluding carboxylic acids is 1. The van der Waals surface area contributed by atoms with Crippen molar-refractivity contribution in [3.8, 4) is 0 Å². The Morgan fingerprint density at radius 1 is 1.10 bits per heavy atom. The summed E-state index contributed by atoms with van der Waals surface area (Å²) in [5, 5.41) is 3.61. The van der Waals surface area contributed by atoms with E-state index in [-0.39, 0.29) is 5.84 Å². The molecule has 2 aromatic carbocycles. The molecule has 0 spiro atoms. The zero-order chi connectivity index (χ0) is 15.1. The lowest BCUT2D eigenvalue weighted by Gasteiger charge is -1.99. The summed E-state index contributed by atoms with van der Waals surface area (Å²) in [6.07, 6.45) is 2.95. The summed E-state index contributed by atoms with van der Waals surface area (Å²) in [5.41, 5.74) is 7.31. The van der Waals surface area contributed by atoms with Crippen molar-refractivity contribution in [3.63, 3.8) is 0 Å². The summed E-state index contributed by atoms with van der Waals surface area (Å²) in [6, 6.07) is 16.6. The number of rotatable bonds is 4. The van der Waals surface area contributed by atoms with Crippen LogP contribution in [0.1, 0.15) is 11.1 Å². The fourth-order valence-electron chi connectivity index (χ4n) is 1.53. The molecule has 0 bridgehead atoms. The fraction of sp³-hybridized carbons (Fsp3) is 0. The molecule has 0 atom stereocenters. The van der Waals surface area contributed by atoms with Crippen molar-refractivity contribution in [1.82, 2.24) is 0 Å². The summed E-state index contributed by atoms with van der Waals surface area (Å²) >= 11 is 3.32. The van der Waals surface area contributed by atoms with Gasteiger partial charge in [0.05, 0.1) is 0 Å². The van der Waals surface area contributed by atoms with Crippen LogP contribution in [0.5, 0.6) is 0 Å². The zero-order valence-electron chi connectivity index (χ0n) is 11.1. The summed E-state index contributed by atoms with van der Waals surface area (Å²) in [6.45, 7) is 0. The quantitative estimate of drug-likeness (QED) is 0.304. The molecule has 0 radical (unpaired) electrons. The van der Waals surface area contributed by atoms with E-state index >= 15 is 0 Å². The predicted octanol–water partition coefficient (Wildman–Crippen LogP) is 3.33. The molecule has 21 heavy (non-hydrogen) atoms. The van der Waals surface area contributed by atoms with Gasteiger partial charge in [0.1, 0.15) is 0 Å². The van der Waals surface area contributed by atoms with Crippen LogP contribution < -0.4 is 5.73 Å². The van der Waals surface area contributed by atoms with E-state index in [1.807, 2.05) is 42.5 Å². The number of carbonyl (C=O) groups is 1. The molecular formula is C16H13BrN2O2. The number of benzene rings is 2. The molecule has 0 aromatic heterocycles. The summed E-state index contributed by atoms with van der Waals surface area (Å²) in [5.74, 6) is -0.442. The smallest absolute Gasteiger partial charge is 0.358 e. The molecule has 2 rings (SSSR count). The largest absolute Gasteiger partial charge is 0.380 e.